The maximum Gasteiger partial charge on any atom is 0.408 e. The van der Waals surface area contributed by atoms with Gasteiger partial charge in [-0.15, -0.1) is 0 Å². The molecule has 2 aromatic rings. The molecule has 2 N–H and O–H groups in total. The van der Waals surface area contributed by atoms with Crippen LogP contribution in [0.25, 0.3) is 0 Å². The molecule has 3 amide bonds. The van der Waals surface area contributed by atoms with Gasteiger partial charge in [-0.3, -0.25) is 9.59 Å². The monoisotopic (exact) mass is 537 g/mol. The first kappa shape index (κ1) is 31.9. The van der Waals surface area contributed by atoms with Gasteiger partial charge in [0.05, 0.1) is 0 Å². The van der Waals surface area contributed by atoms with Crippen LogP contribution in [0, 0.1) is 33.6 Å². The lowest BCUT2D eigenvalue weighted by atomic mass is 9.93. The van der Waals surface area contributed by atoms with Crippen LogP contribution in [0.5, 0.6) is 0 Å². The molecule has 0 saturated heterocycles. The van der Waals surface area contributed by atoms with Crippen LogP contribution in [0.1, 0.15) is 88.2 Å². The Morgan fingerprint density at radius 2 is 1.44 bits per heavy atom. The average molecular weight is 538 g/mol. The zero-order valence-electron chi connectivity index (χ0n) is 25.4. The number of hydrogen-bond acceptors (Lipinski definition) is 4. The van der Waals surface area contributed by atoms with E-state index in [0.717, 1.165) is 39.9 Å². The Kier molecular flexibility index (Phi) is 11.1. The van der Waals surface area contributed by atoms with Crippen molar-refractivity contribution >= 4 is 23.6 Å². The van der Waals surface area contributed by atoms with Crippen molar-refractivity contribution in [3.8, 4) is 0 Å². The van der Waals surface area contributed by atoms with Crippen LogP contribution >= 0.6 is 0 Å². The number of carbonyl (C=O) groups excluding carboxylic acids is 3. The summed E-state index contributed by atoms with van der Waals surface area (Å²) in [5.74, 6) is -0.199. The van der Waals surface area contributed by atoms with E-state index in [0.29, 0.717) is 12.3 Å². The van der Waals surface area contributed by atoms with Crippen molar-refractivity contribution in [2.24, 2.45) is 5.92 Å². The van der Waals surface area contributed by atoms with Crippen molar-refractivity contribution in [2.75, 3.05) is 11.9 Å². The maximum absolute atomic E-state index is 14.2. The summed E-state index contributed by atoms with van der Waals surface area (Å²) in [5, 5.41) is 5.72. The van der Waals surface area contributed by atoms with E-state index in [2.05, 4.69) is 24.5 Å². The van der Waals surface area contributed by atoms with Gasteiger partial charge in [-0.05, 0) is 102 Å². The molecule has 0 saturated carbocycles. The van der Waals surface area contributed by atoms with E-state index in [9.17, 15) is 14.4 Å². The lowest BCUT2D eigenvalue weighted by Gasteiger charge is -2.37. The van der Waals surface area contributed by atoms with E-state index in [4.69, 9.17) is 4.74 Å². The van der Waals surface area contributed by atoms with Gasteiger partial charge in [0.15, 0.2) is 0 Å². The molecule has 2 aromatic carbocycles. The summed E-state index contributed by atoms with van der Waals surface area (Å²) in [7, 11) is 0. The highest BCUT2D eigenvalue weighted by Gasteiger charge is 2.36. The summed E-state index contributed by atoms with van der Waals surface area (Å²) in [6.45, 7) is 19.1. The standard InChI is InChI=1S/C32H47N3O4/c1-20(2)17-18-24(6)35(27(36)19-33-31(38)39-32(8,9)10)29(26-16-12-13-21(3)25(26)7)30(37)34-28-22(4)14-11-15-23(28)5/h11-16,20,24,29H,17-19H2,1-10H3,(H,33,38)(H,34,37). The summed E-state index contributed by atoms with van der Waals surface area (Å²) < 4.78 is 5.34. The summed E-state index contributed by atoms with van der Waals surface area (Å²) >= 11 is 0. The largest absolute Gasteiger partial charge is 0.444 e. The number of aryl methyl sites for hydroxylation is 3. The maximum atomic E-state index is 14.2. The van der Waals surface area contributed by atoms with Crippen molar-refractivity contribution < 1.29 is 19.1 Å². The van der Waals surface area contributed by atoms with Crippen molar-refractivity contribution in [3.63, 3.8) is 0 Å². The Morgan fingerprint density at radius 1 is 0.872 bits per heavy atom. The van der Waals surface area contributed by atoms with E-state index in [-0.39, 0.29) is 24.4 Å². The van der Waals surface area contributed by atoms with Crippen molar-refractivity contribution in [1.82, 2.24) is 10.2 Å². The number of carbonyl (C=O) groups is 3. The minimum Gasteiger partial charge on any atom is -0.444 e. The topological polar surface area (TPSA) is 87.7 Å². The van der Waals surface area contributed by atoms with Gasteiger partial charge < -0.3 is 20.3 Å². The zero-order valence-corrected chi connectivity index (χ0v) is 25.4. The van der Waals surface area contributed by atoms with Gasteiger partial charge in [-0.2, -0.15) is 0 Å². The van der Waals surface area contributed by atoms with Gasteiger partial charge in [0, 0.05) is 11.7 Å². The number of hydrogen-bond donors (Lipinski definition) is 2. The Hall–Kier alpha value is -3.35. The number of nitrogens with one attached hydrogen (secondary N) is 2. The lowest BCUT2D eigenvalue weighted by molar-refractivity contribution is -0.141. The predicted molar refractivity (Wildman–Crippen MR) is 158 cm³/mol. The molecule has 0 heterocycles. The zero-order chi connectivity index (χ0) is 29.5. The number of rotatable bonds is 10. The van der Waals surface area contributed by atoms with Gasteiger partial charge in [0.25, 0.3) is 5.91 Å². The van der Waals surface area contributed by atoms with Crippen LogP contribution in [0.4, 0.5) is 10.5 Å². The number of nitrogens with zero attached hydrogens (tertiary/aromatic N) is 1. The minimum atomic E-state index is -0.890. The molecule has 7 heteroatoms. The molecule has 0 radical (unpaired) electrons. The minimum absolute atomic E-state index is 0.256. The molecule has 0 fully saturated rings. The van der Waals surface area contributed by atoms with E-state index in [1.807, 2.05) is 71.0 Å². The fourth-order valence-electron chi connectivity index (χ4n) is 4.60. The van der Waals surface area contributed by atoms with Gasteiger partial charge in [-0.25, -0.2) is 4.79 Å². The molecular formula is C32H47N3O4. The molecule has 2 unspecified atom stereocenters. The Morgan fingerprint density at radius 3 is 2.00 bits per heavy atom. The SMILES string of the molecule is Cc1cccc(C(C(=O)Nc2c(C)cccc2C)N(C(=O)CNC(=O)OC(C)(C)C)C(C)CCC(C)C)c1C. The Balaban J connectivity index is 2.56. The highest BCUT2D eigenvalue weighted by Crippen LogP contribution is 2.32. The molecule has 0 bridgehead atoms. The normalized spacial score (nSPS) is 13.0. The van der Waals surface area contributed by atoms with Gasteiger partial charge >= 0.3 is 6.09 Å². The van der Waals surface area contributed by atoms with Crippen LogP contribution in [0.15, 0.2) is 36.4 Å². The molecule has 214 valence electrons. The van der Waals surface area contributed by atoms with Crippen molar-refractivity contribution in [1.29, 1.82) is 0 Å². The third-order valence-corrected chi connectivity index (χ3v) is 6.90. The fourth-order valence-corrected chi connectivity index (χ4v) is 4.60. The summed E-state index contributed by atoms with van der Waals surface area (Å²) in [4.78, 5) is 42.1. The highest BCUT2D eigenvalue weighted by atomic mass is 16.6. The Labute approximate surface area is 234 Å². The summed E-state index contributed by atoms with van der Waals surface area (Å²) in [6.07, 6.45) is 0.935. The van der Waals surface area contributed by atoms with Crippen LogP contribution in [-0.4, -0.2) is 41.0 Å². The quantitative estimate of drug-likeness (QED) is 0.350. The molecule has 2 rings (SSSR count). The molecule has 7 nitrogen and oxygen atoms in total. The van der Waals surface area contributed by atoms with Crippen LogP contribution < -0.4 is 10.6 Å². The number of amides is 3. The molecular weight excluding hydrogens is 490 g/mol. The summed E-state index contributed by atoms with van der Waals surface area (Å²) in [6, 6.07) is 10.5. The lowest BCUT2D eigenvalue weighted by Crippen LogP contribution is -2.50. The van der Waals surface area contributed by atoms with Crippen molar-refractivity contribution in [2.45, 2.75) is 99.8 Å². The second kappa shape index (κ2) is 13.6. The molecule has 0 aliphatic heterocycles. The molecule has 0 aliphatic rings. The van der Waals surface area contributed by atoms with Crippen molar-refractivity contribution in [3.05, 3.63) is 64.2 Å². The molecule has 0 aliphatic carbocycles. The number of alkyl carbamates (subject to hydrolysis) is 1. The second-order valence-corrected chi connectivity index (χ2v) is 11.9. The molecule has 2 atom stereocenters. The summed E-state index contributed by atoms with van der Waals surface area (Å²) in [5.41, 5.74) is 4.69. The van der Waals surface area contributed by atoms with E-state index in [1.54, 1.807) is 25.7 Å². The molecule has 39 heavy (non-hydrogen) atoms. The first-order valence-electron chi connectivity index (χ1n) is 13.8. The smallest absolute Gasteiger partial charge is 0.408 e. The van der Waals surface area contributed by atoms with Gasteiger partial charge in [-0.1, -0.05) is 50.2 Å². The number of ether oxygens (including phenoxy) is 1. The second-order valence-electron chi connectivity index (χ2n) is 11.9. The third-order valence-electron chi connectivity index (χ3n) is 6.90. The first-order chi connectivity index (χ1) is 18.1. The molecule has 0 spiro atoms. The van der Waals surface area contributed by atoms with Gasteiger partial charge in [0.2, 0.25) is 5.91 Å². The van der Waals surface area contributed by atoms with E-state index < -0.39 is 17.7 Å². The molecule has 0 aromatic heterocycles. The van der Waals surface area contributed by atoms with E-state index >= 15 is 0 Å². The first-order valence-corrected chi connectivity index (χ1v) is 13.8. The third kappa shape index (κ3) is 9.12. The van der Waals surface area contributed by atoms with Gasteiger partial charge in [0.1, 0.15) is 18.2 Å². The predicted octanol–water partition coefficient (Wildman–Crippen LogP) is 6.78. The fraction of sp³-hybridized carbons (Fsp3) is 0.531. The number of para-hydroxylation sites is 1. The highest BCUT2D eigenvalue weighted by molar-refractivity contribution is 5.99. The van der Waals surface area contributed by atoms with Crippen LogP contribution in [0.2, 0.25) is 0 Å². The van der Waals surface area contributed by atoms with E-state index in [1.165, 1.54) is 0 Å². The number of benzene rings is 2. The average Bonchev–Trinajstić information content (AvgIpc) is 2.82. The van der Waals surface area contributed by atoms with Crippen LogP contribution in [0.3, 0.4) is 0 Å². The number of anilines is 1. The Bertz CT molecular complexity index is 1150. The van der Waals surface area contributed by atoms with Crippen LogP contribution in [-0.2, 0) is 14.3 Å².